The topological polar surface area (TPSA) is 74.8 Å². The summed E-state index contributed by atoms with van der Waals surface area (Å²) >= 11 is 0. The Bertz CT molecular complexity index is 1040. The van der Waals surface area contributed by atoms with Crippen LogP contribution in [0.15, 0.2) is 36.5 Å². The van der Waals surface area contributed by atoms with Crippen molar-refractivity contribution >= 4 is 5.91 Å². The van der Waals surface area contributed by atoms with E-state index in [1.165, 1.54) is 12.1 Å². The molecular weight excluding hydrogens is 381 g/mol. The first-order valence-corrected chi connectivity index (χ1v) is 10.4. The van der Waals surface area contributed by atoms with Crippen molar-refractivity contribution in [3.63, 3.8) is 0 Å². The minimum Gasteiger partial charge on any atom is -0.337 e. The van der Waals surface area contributed by atoms with Gasteiger partial charge in [-0.25, -0.2) is 14.4 Å². The van der Waals surface area contributed by atoms with Crippen LogP contribution < -0.4 is 0 Å². The lowest BCUT2D eigenvalue weighted by Gasteiger charge is -2.33. The molecule has 1 fully saturated rings. The zero-order valence-corrected chi connectivity index (χ0v) is 17.5. The van der Waals surface area contributed by atoms with Gasteiger partial charge in [-0.2, -0.15) is 5.10 Å². The second-order valence-electron chi connectivity index (χ2n) is 8.18. The first-order chi connectivity index (χ1) is 14.4. The molecule has 0 bridgehead atoms. The van der Waals surface area contributed by atoms with Crippen molar-refractivity contribution in [1.82, 2.24) is 25.1 Å². The Hall–Kier alpha value is -3.09. The van der Waals surface area contributed by atoms with Gasteiger partial charge in [0, 0.05) is 36.5 Å². The van der Waals surface area contributed by atoms with Crippen LogP contribution in [-0.2, 0) is 0 Å². The molecule has 0 spiro atoms. The molecule has 1 N–H and O–H groups in total. The summed E-state index contributed by atoms with van der Waals surface area (Å²) in [5, 5.41) is 7.18. The summed E-state index contributed by atoms with van der Waals surface area (Å²) in [6.45, 7) is 7.27. The van der Waals surface area contributed by atoms with Gasteiger partial charge in [-0.05, 0) is 49.4 Å². The van der Waals surface area contributed by atoms with Crippen molar-refractivity contribution in [2.45, 2.75) is 45.4 Å². The largest absolute Gasteiger partial charge is 0.337 e. The highest BCUT2D eigenvalue weighted by molar-refractivity contribution is 5.92. The normalized spacial score (nSPS) is 16.8. The van der Waals surface area contributed by atoms with Crippen molar-refractivity contribution in [3.8, 4) is 11.1 Å². The van der Waals surface area contributed by atoms with Gasteiger partial charge in [-0.15, -0.1) is 0 Å². The van der Waals surface area contributed by atoms with Crippen LogP contribution in [0.2, 0.25) is 0 Å². The van der Waals surface area contributed by atoms with E-state index >= 15 is 0 Å². The van der Waals surface area contributed by atoms with Crippen LogP contribution in [0.4, 0.5) is 4.39 Å². The van der Waals surface area contributed by atoms with E-state index in [9.17, 15) is 9.18 Å². The van der Waals surface area contributed by atoms with Crippen molar-refractivity contribution in [3.05, 3.63) is 65.3 Å². The molecule has 1 atom stereocenters. The van der Waals surface area contributed by atoms with E-state index in [4.69, 9.17) is 4.98 Å². The zero-order chi connectivity index (χ0) is 21.3. The van der Waals surface area contributed by atoms with Crippen LogP contribution in [0.3, 0.4) is 0 Å². The average molecular weight is 407 g/mol. The quantitative estimate of drug-likeness (QED) is 0.693. The maximum Gasteiger partial charge on any atom is 0.274 e. The van der Waals surface area contributed by atoms with Gasteiger partial charge in [0.25, 0.3) is 5.91 Å². The van der Waals surface area contributed by atoms with Gasteiger partial charge in [-0.3, -0.25) is 9.89 Å². The summed E-state index contributed by atoms with van der Waals surface area (Å²) < 4.78 is 13.4. The maximum atomic E-state index is 13.4. The molecule has 7 heteroatoms. The van der Waals surface area contributed by atoms with Crippen LogP contribution in [0.1, 0.15) is 66.2 Å². The summed E-state index contributed by atoms with van der Waals surface area (Å²) in [5.41, 5.74) is 4.09. The van der Waals surface area contributed by atoms with E-state index in [1.807, 2.05) is 17.9 Å². The fourth-order valence-corrected chi connectivity index (χ4v) is 3.94. The number of aryl methyl sites for hydroxylation is 1. The SMILES string of the molecule is Cc1ncc(-c2ccc(F)cc2)c(C2CCCN(C(=O)c3cc(C(C)C)[nH]n3)C2)n1. The molecule has 2 aromatic heterocycles. The lowest BCUT2D eigenvalue weighted by atomic mass is 9.89. The monoisotopic (exact) mass is 407 g/mol. The van der Waals surface area contributed by atoms with E-state index in [1.54, 1.807) is 18.3 Å². The summed E-state index contributed by atoms with van der Waals surface area (Å²) in [5.74, 6) is 0.732. The van der Waals surface area contributed by atoms with Crippen molar-refractivity contribution in [2.75, 3.05) is 13.1 Å². The fourth-order valence-electron chi connectivity index (χ4n) is 3.94. The number of likely N-dealkylation sites (tertiary alicyclic amines) is 1. The van der Waals surface area contributed by atoms with Crippen LogP contribution in [-0.4, -0.2) is 44.1 Å². The summed E-state index contributed by atoms with van der Waals surface area (Å²) in [7, 11) is 0. The number of amides is 1. The first kappa shape index (κ1) is 20.2. The fraction of sp³-hybridized carbons (Fsp3) is 0.391. The Morgan fingerprint density at radius 2 is 2.03 bits per heavy atom. The lowest BCUT2D eigenvalue weighted by Crippen LogP contribution is -2.39. The molecule has 1 aliphatic heterocycles. The highest BCUT2D eigenvalue weighted by Crippen LogP contribution is 2.33. The zero-order valence-electron chi connectivity index (χ0n) is 17.5. The number of rotatable bonds is 4. The Balaban J connectivity index is 1.60. The molecule has 1 amide bonds. The van der Waals surface area contributed by atoms with Gasteiger partial charge in [0.2, 0.25) is 0 Å². The van der Waals surface area contributed by atoms with Gasteiger partial charge < -0.3 is 4.90 Å². The smallest absolute Gasteiger partial charge is 0.274 e. The molecular formula is C23H26FN5O. The van der Waals surface area contributed by atoms with E-state index in [0.717, 1.165) is 35.4 Å². The van der Waals surface area contributed by atoms with E-state index < -0.39 is 0 Å². The average Bonchev–Trinajstić information content (AvgIpc) is 3.25. The van der Waals surface area contributed by atoms with Crippen LogP contribution in [0, 0.1) is 12.7 Å². The summed E-state index contributed by atoms with van der Waals surface area (Å²) in [4.78, 5) is 24.0. The molecule has 1 aromatic carbocycles. The molecule has 1 unspecified atom stereocenters. The molecule has 3 aromatic rings. The second-order valence-corrected chi connectivity index (χ2v) is 8.18. The van der Waals surface area contributed by atoms with Crippen LogP contribution in [0.25, 0.3) is 11.1 Å². The Morgan fingerprint density at radius 3 is 2.73 bits per heavy atom. The number of H-pyrrole nitrogens is 1. The minimum absolute atomic E-state index is 0.0584. The number of aromatic nitrogens is 4. The van der Waals surface area contributed by atoms with Gasteiger partial charge >= 0.3 is 0 Å². The lowest BCUT2D eigenvalue weighted by molar-refractivity contribution is 0.0700. The molecule has 0 saturated carbocycles. The molecule has 0 aliphatic carbocycles. The number of halogens is 1. The van der Waals surface area contributed by atoms with Crippen molar-refractivity contribution < 1.29 is 9.18 Å². The van der Waals surface area contributed by atoms with Crippen LogP contribution >= 0.6 is 0 Å². The minimum atomic E-state index is -0.275. The number of hydrogen-bond donors (Lipinski definition) is 1. The number of nitrogens with zero attached hydrogens (tertiary/aromatic N) is 4. The summed E-state index contributed by atoms with van der Waals surface area (Å²) in [6, 6.07) is 8.22. The summed E-state index contributed by atoms with van der Waals surface area (Å²) in [6.07, 6.45) is 3.63. The van der Waals surface area contributed by atoms with Gasteiger partial charge in [-0.1, -0.05) is 26.0 Å². The Labute approximate surface area is 175 Å². The molecule has 156 valence electrons. The molecule has 6 nitrogen and oxygen atoms in total. The standard InChI is InChI=1S/C23H26FN5O/c1-14(2)20-11-21(28-27-20)23(30)29-10-4-5-17(13-29)22-19(12-25-15(3)26-22)16-6-8-18(24)9-7-16/h6-9,11-12,14,17H,4-5,10,13H2,1-3H3,(H,27,28). The third-order valence-electron chi connectivity index (χ3n) is 5.63. The molecule has 4 rings (SSSR count). The molecule has 0 radical (unpaired) electrons. The highest BCUT2D eigenvalue weighted by Gasteiger charge is 2.29. The van der Waals surface area contributed by atoms with E-state index in [-0.39, 0.29) is 23.6 Å². The first-order valence-electron chi connectivity index (χ1n) is 10.4. The third-order valence-corrected chi connectivity index (χ3v) is 5.63. The number of carbonyl (C=O) groups is 1. The van der Waals surface area contributed by atoms with Crippen molar-refractivity contribution in [2.24, 2.45) is 0 Å². The Morgan fingerprint density at radius 1 is 1.27 bits per heavy atom. The second kappa shape index (κ2) is 8.34. The molecule has 1 aliphatic rings. The molecule has 1 saturated heterocycles. The Kier molecular flexibility index (Phi) is 5.61. The number of hydrogen-bond acceptors (Lipinski definition) is 4. The highest BCUT2D eigenvalue weighted by atomic mass is 19.1. The number of nitrogens with one attached hydrogen (secondary N) is 1. The number of piperidine rings is 1. The van der Waals surface area contributed by atoms with Gasteiger partial charge in [0.1, 0.15) is 17.3 Å². The molecule has 30 heavy (non-hydrogen) atoms. The van der Waals surface area contributed by atoms with E-state index in [2.05, 4.69) is 29.0 Å². The molecule has 3 heterocycles. The van der Waals surface area contributed by atoms with Crippen LogP contribution in [0.5, 0.6) is 0 Å². The number of carbonyl (C=O) groups excluding carboxylic acids is 1. The predicted octanol–water partition coefficient (Wildman–Crippen LogP) is 4.46. The third kappa shape index (κ3) is 4.10. The van der Waals surface area contributed by atoms with Gasteiger partial charge in [0.15, 0.2) is 0 Å². The number of benzene rings is 1. The number of aromatic amines is 1. The van der Waals surface area contributed by atoms with E-state index in [0.29, 0.717) is 24.6 Å². The van der Waals surface area contributed by atoms with Gasteiger partial charge in [0.05, 0.1) is 5.69 Å². The predicted molar refractivity (Wildman–Crippen MR) is 113 cm³/mol. The maximum absolute atomic E-state index is 13.4. The van der Waals surface area contributed by atoms with Crippen molar-refractivity contribution in [1.29, 1.82) is 0 Å².